The van der Waals surface area contributed by atoms with Crippen molar-refractivity contribution in [2.45, 2.75) is 0 Å². The van der Waals surface area contributed by atoms with Crippen LogP contribution >= 0.6 is 0 Å². The third-order valence-electron chi connectivity index (χ3n) is 1.30. The van der Waals surface area contributed by atoms with Gasteiger partial charge in [-0.25, -0.2) is 0 Å². The predicted octanol–water partition coefficient (Wildman–Crippen LogP) is 0.376. The standard InChI is InChI=1S/2C4H4N.Ru/c2*1-2-4-5-3-1;/h2*1-3,5H;. The molecule has 2 heterocycles. The van der Waals surface area contributed by atoms with Gasteiger partial charge in [0.15, 0.2) is 0 Å². The van der Waals surface area contributed by atoms with Gasteiger partial charge in [-0.3, -0.25) is 0 Å². The van der Waals surface area contributed by atoms with Crippen molar-refractivity contribution < 1.29 is 17.1 Å². The van der Waals surface area contributed by atoms with Crippen LogP contribution in [0.15, 0.2) is 36.7 Å². The summed E-state index contributed by atoms with van der Waals surface area (Å²) in [6.07, 6.45) is 3.93. The molecule has 0 unspecified atom stereocenters. The normalized spacial score (nSPS) is 10.5. The van der Waals surface area contributed by atoms with Crippen LogP contribution in [0.1, 0.15) is 0 Å². The Kier molecular flexibility index (Phi) is 1.91. The number of nitrogens with one attached hydrogen (secondary N) is 2. The van der Waals surface area contributed by atoms with Crippen molar-refractivity contribution in [1.82, 2.24) is 9.97 Å². The van der Waals surface area contributed by atoms with Crippen LogP contribution in [0.4, 0.5) is 0 Å². The number of rotatable bonds is 2. The van der Waals surface area contributed by atoms with Crippen LogP contribution in [-0.4, -0.2) is 9.97 Å². The van der Waals surface area contributed by atoms with Gasteiger partial charge in [0.2, 0.25) is 0 Å². The maximum absolute atomic E-state index is 3.20. The van der Waals surface area contributed by atoms with Crippen LogP contribution in [0.5, 0.6) is 0 Å². The van der Waals surface area contributed by atoms with E-state index in [-0.39, 0.29) is 17.1 Å². The van der Waals surface area contributed by atoms with Crippen molar-refractivity contribution in [3.05, 3.63) is 36.7 Å². The van der Waals surface area contributed by atoms with Gasteiger partial charge in [-0.1, -0.05) is 0 Å². The van der Waals surface area contributed by atoms with Gasteiger partial charge >= 0.3 is 72.3 Å². The van der Waals surface area contributed by atoms with Gasteiger partial charge in [-0.15, -0.1) is 0 Å². The van der Waals surface area contributed by atoms with Crippen molar-refractivity contribution in [1.29, 1.82) is 0 Å². The fraction of sp³-hybridized carbons (Fsp3) is 0. The summed E-state index contributed by atoms with van der Waals surface area (Å²) in [6.45, 7) is 0. The van der Waals surface area contributed by atoms with Crippen molar-refractivity contribution >= 4 is 8.58 Å². The van der Waals surface area contributed by atoms with E-state index in [4.69, 9.17) is 0 Å². The van der Waals surface area contributed by atoms with Gasteiger partial charge in [0.05, 0.1) is 0 Å². The molecule has 0 fully saturated rings. The third kappa shape index (κ3) is 1.60. The maximum atomic E-state index is 3.20. The fourth-order valence-corrected chi connectivity index (χ4v) is 2.49. The molecule has 0 radical (unpaired) electrons. The molecule has 2 N–H and O–H groups in total. The summed E-state index contributed by atoms with van der Waals surface area (Å²) in [5, 5.41) is 0. The number of H-pyrrole nitrogens is 2. The van der Waals surface area contributed by atoms with Crippen LogP contribution in [0.3, 0.4) is 0 Å². The zero-order chi connectivity index (χ0) is 7.52. The molecule has 0 aliphatic carbocycles. The molecule has 0 amide bonds. The van der Waals surface area contributed by atoms with E-state index in [9.17, 15) is 0 Å². The van der Waals surface area contributed by atoms with Gasteiger partial charge in [-0.2, -0.15) is 0 Å². The molecule has 0 spiro atoms. The van der Waals surface area contributed by atoms with Crippen LogP contribution < -0.4 is 8.58 Å². The first-order valence-corrected chi connectivity index (χ1v) is 5.08. The Morgan fingerprint density at radius 1 is 0.909 bits per heavy atom. The van der Waals surface area contributed by atoms with E-state index < -0.39 is 0 Å². The number of aromatic amines is 2. The molecule has 58 valence electrons. The first-order chi connectivity index (χ1) is 5.45. The molecule has 0 bridgehead atoms. The number of hydrogen-bond donors (Lipinski definition) is 2. The SMILES string of the molecule is c1c[nH][c]([Ru][c]2ccc[nH]2)c1. The van der Waals surface area contributed by atoms with E-state index >= 15 is 0 Å². The summed E-state index contributed by atoms with van der Waals surface area (Å²) >= 11 is 0.168. The van der Waals surface area contributed by atoms with E-state index in [1.807, 2.05) is 24.5 Å². The van der Waals surface area contributed by atoms with Gasteiger partial charge in [0.1, 0.15) is 0 Å². The van der Waals surface area contributed by atoms with Crippen molar-refractivity contribution in [3.63, 3.8) is 0 Å². The van der Waals surface area contributed by atoms with E-state index in [0.717, 1.165) is 0 Å². The average Bonchev–Trinajstić information content (AvgIpc) is 2.60. The van der Waals surface area contributed by atoms with Crippen molar-refractivity contribution in [2.24, 2.45) is 0 Å². The quantitative estimate of drug-likeness (QED) is 0.703. The second kappa shape index (κ2) is 3.06. The minimum absolute atomic E-state index is 0.168. The Morgan fingerprint density at radius 2 is 1.45 bits per heavy atom. The van der Waals surface area contributed by atoms with Gasteiger partial charge in [0.25, 0.3) is 0 Å². The van der Waals surface area contributed by atoms with Crippen LogP contribution in [0.2, 0.25) is 0 Å². The van der Waals surface area contributed by atoms with Crippen LogP contribution in [0.25, 0.3) is 0 Å². The topological polar surface area (TPSA) is 31.6 Å². The average molecular weight is 233 g/mol. The molecule has 11 heavy (non-hydrogen) atoms. The Balaban J connectivity index is 2.14. The zero-order valence-electron chi connectivity index (χ0n) is 5.82. The summed E-state index contributed by atoms with van der Waals surface area (Å²) < 4.78 is 2.67. The number of aromatic nitrogens is 2. The molecular formula is C8H8N2Ru. The summed E-state index contributed by atoms with van der Waals surface area (Å²) in [7, 11) is 0. The molecule has 2 aromatic rings. The molecular weight excluding hydrogens is 225 g/mol. The first-order valence-electron chi connectivity index (χ1n) is 3.34. The van der Waals surface area contributed by atoms with Crippen molar-refractivity contribution in [3.8, 4) is 0 Å². The van der Waals surface area contributed by atoms with Gasteiger partial charge in [-0.05, 0) is 0 Å². The summed E-state index contributed by atoms with van der Waals surface area (Å²) in [4.78, 5) is 6.39. The van der Waals surface area contributed by atoms with E-state index in [1.54, 1.807) is 0 Å². The van der Waals surface area contributed by atoms with Crippen LogP contribution in [-0.2, 0) is 17.1 Å². The summed E-state index contributed by atoms with van der Waals surface area (Å²) in [6, 6.07) is 8.32. The molecule has 3 heteroatoms. The Hall–Kier alpha value is -0.817. The summed E-state index contributed by atoms with van der Waals surface area (Å²) in [5.41, 5.74) is 0. The molecule has 0 saturated heterocycles. The Morgan fingerprint density at radius 3 is 1.82 bits per heavy atom. The zero-order valence-corrected chi connectivity index (χ0v) is 7.56. The number of hydrogen-bond acceptors (Lipinski definition) is 0. The molecule has 0 aliphatic rings. The van der Waals surface area contributed by atoms with Crippen LogP contribution in [0, 0.1) is 0 Å². The van der Waals surface area contributed by atoms with Gasteiger partial charge < -0.3 is 0 Å². The molecule has 0 aromatic carbocycles. The summed E-state index contributed by atoms with van der Waals surface area (Å²) in [5.74, 6) is 0. The van der Waals surface area contributed by atoms with E-state index in [2.05, 4.69) is 22.1 Å². The Labute approximate surface area is 72.6 Å². The molecule has 0 saturated carbocycles. The predicted molar refractivity (Wildman–Crippen MR) is 40.9 cm³/mol. The molecule has 2 aromatic heterocycles. The molecule has 2 rings (SSSR count). The monoisotopic (exact) mass is 234 g/mol. The molecule has 0 aliphatic heterocycles. The minimum atomic E-state index is 0.168. The second-order valence-corrected chi connectivity index (χ2v) is 4.41. The van der Waals surface area contributed by atoms with E-state index in [1.165, 1.54) is 8.58 Å². The fourth-order valence-electron chi connectivity index (χ4n) is 0.821. The van der Waals surface area contributed by atoms with E-state index in [0.29, 0.717) is 0 Å². The molecule has 0 atom stereocenters. The third-order valence-corrected chi connectivity index (χ3v) is 3.31. The second-order valence-electron chi connectivity index (χ2n) is 2.10. The Bertz CT molecular complexity index is 264. The molecule has 2 nitrogen and oxygen atoms in total. The van der Waals surface area contributed by atoms with Crippen molar-refractivity contribution in [2.75, 3.05) is 0 Å². The first kappa shape index (κ1) is 6.87. The van der Waals surface area contributed by atoms with Gasteiger partial charge in [0, 0.05) is 0 Å².